The van der Waals surface area contributed by atoms with Gasteiger partial charge in [0.2, 0.25) is 0 Å². The van der Waals surface area contributed by atoms with Gasteiger partial charge in [-0.1, -0.05) is 22.4 Å². The first-order valence-electron chi connectivity index (χ1n) is 7.00. The van der Waals surface area contributed by atoms with Gasteiger partial charge in [0, 0.05) is 17.3 Å². The zero-order valence-corrected chi connectivity index (χ0v) is 13.7. The molecule has 4 nitrogen and oxygen atoms in total. The second-order valence-electron chi connectivity index (χ2n) is 5.59. The minimum Gasteiger partial charge on any atom is -0.493 e. The second-order valence-corrected chi connectivity index (χ2v) is 6.88. The van der Waals surface area contributed by atoms with E-state index in [4.69, 9.17) is 4.74 Å². The standard InChI is InChI=1S/C14H24BrN3O/c1-17(2)7-8-18-14(13(19-3)10-16-18)11-5-4-6-12(15)9-11/h10-12H,4-9H2,1-3H3. The van der Waals surface area contributed by atoms with Gasteiger partial charge in [-0.15, -0.1) is 0 Å². The fraction of sp³-hybridized carbons (Fsp3) is 0.786. The van der Waals surface area contributed by atoms with Gasteiger partial charge in [-0.25, -0.2) is 0 Å². The highest BCUT2D eigenvalue weighted by Crippen LogP contribution is 2.39. The van der Waals surface area contributed by atoms with Gasteiger partial charge in [-0.3, -0.25) is 4.68 Å². The van der Waals surface area contributed by atoms with Gasteiger partial charge in [0.05, 0.1) is 25.5 Å². The normalized spacial score (nSPS) is 23.8. The molecule has 0 amide bonds. The van der Waals surface area contributed by atoms with Crippen molar-refractivity contribution in [2.45, 2.75) is 43.0 Å². The van der Waals surface area contributed by atoms with Crippen LogP contribution in [0.15, 0.2) is 6.20 Å². The van der Waals surface area contributed by atoms with Gasteiger partial charge >= 0.3 is 0 Å². The Kier molecular flexibility index (Phi) is 5.28. The highest BCUT2D eigenvalue weighted by Gasteiger charge is 2.27. The van der Waals surface area contributed by atoms with Crippen molar-refractivity contribution in [2.75, 3.05) is 27.7 Å². The number of alkyl halides is 1. The fourth-order valence-electron chi connectivity index (χ4n) is 2.80. The first-order chi connectivity index (χ1) is 9.11. The summed E-state index contributed by atoms with van der Waals surface area (Å²) in [5, 5.41) is 4.51. The summed E-state index contributed by atoms with van der Waals surface area (Å²) in [7, 11) is 5.93. The molecule has 2 atom stereocenters. The highest BCUT2D eigenvalue weighted by atomic mass is 79.9. The predicted octanol–water partition coefficient (Wildman–Crippen LogP) is 2.87. The minimum atomic E-state index is 0.567. The molecule has 1 aromatic heterocycles. The van der Waals surface area contributed by atoms with Crippen LogP contribution in [-0.4, -0.2) is 47.3 Å². The van der Waals surface area contributed by atoms with Crippen LogP contribution < -0.4 is 4.74 Å². The Labute approximate surface area is 124 Å². The lowest BCUT2D eigenvalue weighted by Crippen LogP contribution is -2.23. The summed E-state index contributed by atoms with van der Waals surface area (Å²) < 4.78 is 7.64. The van der Waals surface area contributed by atoms with Gasteiger partial charge in [0.15, 0.2) is 5.75 Å². The molecule has 2 unspecified atom stereocenters. The van der Waals surface area contributed by atoms with Crippen LogP contribution >= 0.6 is 15.9 Å². The molecule has 0 radical (unpaired) electrons. The van der Waals surface area contributed by atoms with E-state index in [1.54, 1.807) is 7.11 Å². The maximum Gasteiger partial charge on any atom is 0.160 e. The maximum atomic E-state index is 5.51. The maximum absolute atomic E-state index is 5.51. The Morgan fingerprint density at radius 2 is 2.26 bits per heavy atom. The molecule has 1 aliphatic rings. The van der Waals surface area contributed by atoms with Crippen LogP contribution in [0.5, 0.6) is 5.75 Å². The third-order valence-corrected chi connectivity index (χ3v) is 4.65. The lowest BCUT2D eigenvalue weighted by molar-refractivity contribution is 0.348. The summed E-state index contributed by atoms with van der Waals surface area (Å²) in [5.74, 6) is 1.52. The molecule has 5 heteroatoms. The van der Waals surface area contributed by atoms with E-state index in [1.807, 2.05) is 6.20 Å². The van der Waals surface area contributed by atoms with Crippen molar-refractivity contribution >= 4 is 15.9 Å². The SMILES string of the molecule is COc1cnn(CCN(C)C)c1C1CCCC(Br)C1. The summed E-state index contributed by atoms with van der Waals surface area (Å²) in [4.78, 5) is 2.82. The molecule has 2 rings (SSSR count). The minimum absolute atomic E-state index is 0.567. The molecule has 1 aliphatic carbocycles. The Bertz CT molecular complexity index is 405. The number of likely N-dealkylation sites (N-methyl/N-ethyl adjacent to an activating group) is 1. The molecule has 0 aromatic carbocycles. The largest absolute Gasteiger partial charge is 0.493 e. The van der Waals surface area contributed by atoms with E-state index in [1.165, 1.54) is 31.4 Å². The van der Waals surface area contributed by atoms with Crippen molar-refractivity contribution in [3.05, 3.63) is 11.9 Å². The topological polar surface area (TPSA) is 30.3 Å². The van der Waals surface area contributed by atoms with E-state index >= 15 is 0 Å². The summed E-state index contributed by atoms with van der Waals surface area (Å²) in [6, 6.07) is 0. The van der Waals surface area contributed by atoms with Crippen molar-refractivity contribution < 1.29 is 4.74 Å². The van der Waals surface area contributed by atoms with Crippen LogP contribution in [0, 0.1) is 0 Å². The number of ether oxygens (including phenoxy) is 1. The number of rotatable bonds is 5. The molecule has 1 fully saturated rings. The van der Waals surface area contributed by atoms with Crippen LogP contribution in [0.1, 0.15) is 37.3 Å². The Balaban J connectivity index is 2.17. The molecule has 1 saturated carbocycles. The van der Waals surface area contributed by atoms with Crippen molar-refractivity contribution in [1.82, 2.24) is 14.7 Å². The lowest BCUT2D eigenvalue weighted by atomic mass is 9.86. The smallest absolute Gasteiger partial charge is 0.160 e. The molecule has 0 bridgehead atoms. The van der Waals surface area contributed by atoms with Crippen LogP contribution in [0.4, 0.5) is 0 Å². The van der Waals surface area contributed by atoms with Crippen molar-refractivity contribution in [2.24, 2.45) is 0 Å². The number of aromatic nitrogens is 2. The molecule has 0 saturated heterocycles. The van der Waals surface area contributed by atoms with Crippen molar-refractivity contribution in [1.29, 1.82) is 0 Å². The quantitative estimate of drug-likeness (QED) is 0.778. The first-order valence-corrected chi connectivity index (χ1v) is 7.92. The van der Waals surface area contributed by atoms with Crippen LogP contribution in [-0.2, 0) is 6.54 Å². The summed E-state index contributed by atoms with van der Waals surface area (Å²) in [6.07, 6.45) is 6.85. The zero-order chi connectivity index (χ0) is 13.8. The number of nitrogens with zero attached hydrogens (tertiary/aromatic N) is 3. The Hall–Kier alpha value is -0.550. The van der Waals surface area contributed by atoms with Gasteiger partial charge in [0.25, 0.3) is 0 Å². The Morgan fingerprint density at radius 1 is 1.47 bits per heavy atom. The van der Waals surface area contributed by atoms with E-state index in [2.05, 4.69) is 44.7 Å². The van der Waals surface area contributed by atoms with Crippen LogP contribution in [0.3, 0.4) is 0 Å². The number of hydrogen-bond donors (Lipinski definition) is 0. The molecule has 108 valence electrons. The van der Waals surface area contributed by atoms with E-state index in [9.17, 15) is 0 Å². The third kappa shape index (κ3) is 3.72. The molecular weight excluding hydrogens is 306 g/mol. The van der Waals surface area contributed by atoms with Gasteiger partial charge in [0.1, 0.15) is 0 Å². The number of methoxy groups -OCH3 is 1. The average molecular weight is 330 g/mol. The highest BCUT2D eigenvalue weighted by molar-refractivity contribution is 9.09. The second kappa shape index (κ2) is 6.75. The summed E-state index contributed by atoms with van der Waals surface area (Å²) in [5.41, 5.74) is 1.29. The zero-order valence-electron chi connectivity index (χ0n) is 12.1. The average Bonchev–Trinajstić information content (AvgIpc) is 2.79. The molecular formula is C14H24BrN3O. The van der Waals surface area contributed by atoms with Crippen molar-refractivity contribution in [3.8, 4) is 5.75 Å². The molecule has 0 spiro atoms. The first kappa shape index (κ1) is 14.9. The summed E-state index contributed by atoms with van der Waals surface area (Å²) in [6.45, 7) is 1.93. The van der Waals surface area contributed by atoms with Crippen LogP contribution in [0.25, 0.3) is 0 Å². The molecule has 1 aromatic rings. The molecule has 0 aliphatic heterocycles. The third-order valence-electron chi connectivity index (χ3n) is 3.82. The van der Waals surface area contributed by atoms with E-state index in [-0.39, 0.29) is 0 Å². The predicted molar refractivity (Wildman–Crippen MR) is 81.3 cm³/mol. The lowest BCUT2D eigenvalue weighted by Gasteiger charge is -2.27. The fourth-order valence-corrected chi connectivity index (χ4v) is 3.57. The number of halogens is 1. The van der Waals surface area contributed by atoms with Gasteiger partial charge in [-0.2, -0.15) is 5.10 Å². The van der Waals surface area contributed by atoms with E-state index in [0.717, 1.165) is 18.8 Å². The van der Waals surface area contributed by atoms with Crippen molar-refractivity contribution in [3.63, 3.8) is 0 Å². The molecule has 19 heavy (non-hydrogen) atoms. The van der Waals surface area contributed by atoms with E-state index in [0.29, 0.717) is 10.7 Å². The van der Waals surface area contributed by atoms with Gasteiger partial charge in [-0.05, 0) is 33.4 Å². The van der Waals surface area contributed by atoms with Gasteiger partial charge < -0.3 is 9.64 Å². The number of hydrogen-bond acceptors (Lipinski definition) is 3. The summed E-state index contributed by atoms with van der Waals surface area (Å²) >= 11 is 3.77. The Morgan fingerprint density at radius 3 is 2.89 bits per heavy atom. The molecule has 0 N–H and O–H groups in total. The van der Waals surface area contributed by atoms with Crippen LogP contribution in [0.2, 0.25) is 0 Å². The molecule has 1 heterocycles. The van der Waals surface area contributed by atoms with E-state index < -0.39 is 0 Å². The monoisotopic (exact) mass is 329 g/mol.